The summed E-state index contributed by atoms with van der Waals surface area (Å²) < 4.78 is 28.8. The molecule has 142 valence electrons. The van der Waals surface area contributed by atoms with E-state index < -0.39 is 15.9 Å². The van der Waals surface area contributed by atoms with Crippen molar-refractivity contribution < 1.29 is 22.7 Å². The molecule has 1 aromatic heterocycles. The number of aromatic nitrogens is 1. The summed E-state index contributed by atoms with van der Waals surface area (Å²) in [6.45, 7) is 1.65. The van der Waals surface area contributed by atoms with E-state index in [2.05, 4.69) is 10.3 Å². The number of carbonyl (C=O) groups is 2. The highest BCUT2D eigenvalue weighted by Gasteiger charge is 2.33. The molecule has 27 heavy (non-hydrogen) atoms. The Hall–Kier alpha value is -2.94. The molecule has 2 heterocycles. The van der Waals surface area contributed by atoms with E-state index in [1.807, 2.05) is 0 Å². The molecule has 9 heteroatoms. The molecule has 3 rings (SSSR count). The molecular formula is C18H19N3O5S. The first-order valence-electron chi connectivity index (χ1n) is 8.32. The first-order valence-corrected chi connectivity index (χ1v) is 10.2. The number of ether oxygens (including phenoxy) is 1. The third-order valence-corrected chi connectivity index (χ3v) is 5.19. The second kappa shape index (κ2) is 7.36. The molecule has 0 fully saturated rings. The average Bonchev–Trinajstić information content (AvgIpc) is 2.64. The van der Waals surface area contributed by atoms with Gasteiger partial charge in [-0.2, -0.15) is 0 Å². The number of benzene rings is 1. The van der Waals surface area contributed by atoms with Crippen molar-refractivity contribution in [3.63, 3.8) is 0 Å². The molecule has 1 aliphatic heterocycles. The van der Waals surface area contributed by atoms with Crippen molar-refractivity contribution in [2.75, 3.05) is 23.0 Å². The van der Waals surface area contributed by atoms with Crippen molar-refractivity contribution in [1.82, 2.24) is 4.98 Å². The number of sulfone groups is 1. The van der Waals surface area contributed by atoms with Crippen LogP contribution in [0.3, 0.4) is 0 Å². The minimum Gasteiger partial charge on any atom is -0.481 e. The number of hydrogen-bond donors (Lipinski definition) is 1. The van der Waals surface area contributed by atoms with E-state index in [4.69, 9.17) is 4.74 Å². The van der Waals surface area contributed by atoms with Crippen molar-refractivity contribution in [1.29, 1.82) is 0 Å². The quantitative estimate of drug-likeness (QED) is 0.833. The van der Waals surface area contributed by atoms with Gasteiger partial charge in [-0.1, -0.05) is 6.92 Å². The summed E-state index contributed by atoms with van der Waals surface area (Å²) in [5.41, 5.74) is 0.467. The van der Waals surface area contributed by atoms with Crippen molar-refractivity contribution in [3.05, 3.63) is 42.6 Å². The van der Waals surface area contributed by atoms with E-state index in [1.54, 1.807) is 25.3 Å². The van der Waals surface area contributed by atoms with E-state index in [0.717, 1.165) is 6.26 Å². The third-order valence-electron chi connectivity index (χ3n) is 4.06. The van der Waals surface area contributed by atoms with Crippen LogP contribution in [0.5, 0.6) is 5.75 Å². The van der Waals surface area contributed by atoms with Gasteiger partial charge in [-0.25, -0.2) is 13.4 Å². The van der Waals surface area contributed by atoms with Gasteiger partial charge in [0.05, 0.1) is 10.6 Å². The summed E-state index contributed by atoms with van der Waals surface area (Å²) >= 11 is 0. The molecule has 0 aliphatic carbocycles. The number of rotatable bonds is 5. The van der Waals surface area contributed by atoms with Crippen LogP contribution >= 0.6 is 0 Å². The smallest absolute Gasteiger partial charge is 0.269 e. The van der Waals surface area contributed by atoms with E-state index >= 15 is 0 Å². The lowest BCUT2D eigenvalue weighted by Crippen LogP contribution is -2.48. The number of nitrogens with zero attached hydrogens (tertiary/aromatic N) is 2. The standard InChI is InChI=1S/C18H19N3O5S/c1-3-15(26-12-6-8-13(9-7-12)27(2,24)25)18(23)21-11-16(22)20-14-5-4-10-19-17(14)21/h4-10,15H,3,11H2,1-2H3,(H,20,22). The van der Waals surface area contributed by atoms with Gasteiger partial charge in [-0.15, -0.1) is 0 Å². The summed E-state index contributed by atoms with van der Waals surface area (Å²) in [6.07, 6.45) is 2.19. The van der Waals surface area contributed by atoms with Crippen molar-refractivity contribution in [2.45, 2.75) is 24.3 Å². The summed E-state index contributed by atoms with van der Waals surface area (Å²) in [6, 6.07) is 9.19. The zero-order chi connectivity index (χ0) is 19.6. The summed E-state index contributed by atoms with van der Waals surface area (Å²) in [5, 5.41) is 2.68. The van der Waals surface area contributed by atoms with Gasteiger partial charge >= 0.3 is 0 Å². The van der Waals surface area contributed by atoms with E-state index in [9.17, 15) is 18.0 Å². The molecule has 8 nitrogen and oxygen atoms in total. The zero-order valence-corrected chi connectivity index (χ0v) is 15.7. The van der Waals surface area contributed by atoms with E-state index in [-0.39, 0.29) is 23.3 Å². The maximum Gasteiger partial charge on any atom is 0.269 e. The number of anilines is 2. The molecule has 0 bridgehead atoms. The maximum absolute atomic E-state index is 13.0. The number of hydrogen-bond acceptors (Lipinski definition) is 6. The predicted molar refractivity (Wildman–Crippen MR) is 99.5 cm³/mol. The summed E-state index contributed by atoms with van der Waals surface area (Å²) in [7, 11) is -3.31. The molecule has 0 radical (unpaired) electrons. The predicted octanol–water partition coefficient (Wildman–Crippen LogP) is 1.63. The third kappa shape index (κ3) is 4.08. The Balaban J connectivity index is 1.82. The summed E-state index contributed by atoms with van der Waals surface area (Å²) in [5.74, 6) is 0.0394. The van der Waals surface area contributed by atoms with Gasteiger partial charge in [0.15, 0.2) is 21.8 Å². The second-order valence-corrected chi connectivity index (χ2v) is 8.12. The Morgan fingerprint density at radius 3 is 2.63 bits per heavy atom. The van der Waals surface area contributed by atoms with E-state index in [0.29, 0.717) is 23.7 Å². The Bertz CT molecular complexity index is 973. The number of fused-ring (bicyclic) bond motifs is 1. The average molecular weight is 389 g/mol. The SMILES string of the molecule is CCC(Oc1ccc(S(C)(=O)=O)cc1)C(=O)N1CC(=O)Nc2cccnc21. The van der Waals surface area contributed by atoms with Gasteiger partial charge in [-0.05, 0) is 42.8 Å². The van der Waals surface area contributed by atoms with Crippen LogP contribution < -0.4 is 15.0 Å². The minimum absolute atomic E-state index is 0.143. The van der Waals surface area contributed by atoms with Crippen LogP contribution in [-0.2, 0) is 19.4 Å². The van der Waals surface area contributed by atoms with Gasteiger partial charge in [0.2, 0.25) is 5.91 Å². The molecular weight excluding hydrogens is 370 g/mol. The van der Waals surface area contributed by atoms with Crippen LogP contribution in [0, 0.1) is 0 Å². The van der Waals surface area contributed by atoms with Crippen LogP contribution in [0.15, 0.2) is 47.5 Å². The minimum atomic E-state index is -3.31. The van der Waals surface area contributed by atoms with Crippen molar-refractivity contribution >= 4 is 33.2 Å². The van der Waals surface area contributed by atoms with Gasteiger partial charge < -0.3 is 10.1 Å². The molecule has 1 unspecified atom stereocenters. The maximum atomic E-state index is 13.0. The lowest BCUT2D eigenvalue weighted by molar-refractivity contribution is -0.127. The Kier molecular flexibility index (Phi) is 5.13. The fourth-order valence-electron chi connectivity index (χ4n) is 2.71. The number of nitrogens with one attached hydrogen (secondary N) is 1. The molecule has 1 aliphatic rings. The van der Waals surface area contributed by atoms with Crippen LogP contribution in [-0.4, -0.2) is 44.1 Å². The number of carbonyl (C=O) groups excluding carboxylic acids is 2. The lowest BCUT2D eigenvalue weighted by atomic mass is 10.2. The van der Waals surface area contributed by atoms with Crippen LogP contribution in [0.25, 0.3) is 0 Å². The molecule has 1 N–H and O–H groups in total. The van der Waals surface area contributed by atoms with Crippen molar-refractivity contribution in [2.24, 2.45) is 0 Å². The highest BCUT2D eigenvalue weighted by molar-refractivity contribution is 7.90. The first kappa shape index (κ1) is 18.8. The Morgan fingerprint density at radius 2 is 2.00 bits per heavy atom. The van der Waals surface area contributed by atoms with E-state index in [1.165, 1.54) is 29.2 Å². The van der Waals surface area contributed by atoms with Gasteiger partial charge in [0.25, 0.3) is 5.91 Å². The zero-order valence-electron chi connectivity index (χ0n) is 14.9. The fourth-order valence-corrected chi connectivity index (χ4v) is 3.34. The van der Waals surface area contributed by atoms with Gasteiger partial charge in [-0.3, -0.25) is 14.5 Å². The van der Waals surface area contributed by atoms with Gasteiger partial charge in [0.1, 0.15) is 12.3 Å². The summed E-state index contributed by atoms with van der Waals surface area (Å²) in [4.78, 5) is 30.5. The Morgan fingerprint density at radius 1 is 1.30 bits per heavy atom. The van der Waals surface area contributed by atoms with Crippen molar-refractivity contribution in [3.8, 4) is 5.75 Å². The number of amides is 2. The van der Waals surface area contributed by atoms with Crippen LogP contribution in [0.4, 0.5) is 11.5 Å². The molecule has 0 spiro atoms. The molecule has 0 saturated carbocycles. The first-order chi connectivity index (χ1) is 12.8. The van der Waals surface area contributed by atoms with Crippen LogP contribution in [0.1, 0.15) is 13.3 Å². The molecule has 1 aromatic carbocycles. The largest absolute Gasteiger partial charge is 0.481 e. The monoisotopic (exact) mass is 389 g/mol. The molecule has 2 amide bonds. The van der Waals surface area contributed by atoms with Gasteiger partial charge in [0, 0.05) is 12.5 Å². The second-order valence-electron chi connectivity index (χ2n) is 6.11. The highest BCUT2D eigenvalue weighted by Crippen LogP contribution is 2.28. The molecule has 2 aromatic rings. The molecule has 1 atom stereocenters. The molecule has 0 saturated heterocycles. The highest BCUT2D eigenvalue weighted by atomic mass is 32.2. The number of pyridine rings is 1. The Labute approximate surface area is 157 Å². The lowest BCUT2D eigenvalue weighted by Gasteiger charge is -2.30. The van der Waals surface area contributed by atoms with Crippen LogP contribution in [0.2, 0.25) is 0 Å². The normalized spacial score (nSPS) is 14.9. The topological polar surface area (TPSA) is 106 Å². The fraction of sp³-hybridized carbons (Fsp3) is 0.278.